The predicted octanol–water partition coefficient (Wildman–Crippen LogP) is 2.95. The quantitative estimate of drug-likeness (QED) is 0.734. The van der Waals surface area contributed by atoms with Crippen molar-refractivity contribution in [3.8, 4) is 0 Å². The summed E-state index contributed by atoms with van der Waals surface area (Å²) in [5.41, 5.74) is 0.815. The fourth-order valence-corrected chi connectivity index (χ4v) is 3.44. The van der Waals surface area contributed by atoms with E-state index in [1.54, 1.807) is 0 Å². The number of amides is 3. The van der Waals surface area contributed by atoms with Gasteiger partial charge >= 0.3 is 6.03 Å². The first kappa shape index (κ1) is 19.2. The lowest BCUT2D eigenvalue weighted by molar-refractivity contribution is -0.122. The fourth-order valence-electron chi connectivity index (χ4n) is 3.44. The van der Waals surface area contributed by atoms with Crippen molar-refractivity contribution >= 4 is 28.4 Å². The third-order valence-electron chi connectivity index (χ3n) is 4.90. The van der Waals surface area contributed by atoms with Gasteiger partial charge in [-0.3, -0.25) is 9.69 Å². The van der Waals surface area contributed by atoms with Gasteiger partial charge in [-0.05, 0) is 30.7 Å². The Bertz CT molecular complexity index is 779. The van der Waals surface area contributed by atoms with Gasteiger partial charge in [0.25, 0.3) is 0 Å². The Morgan fingerprint density at radius 2 is 1.81 bits per heavy atom. The Morgan fingerprint density at radius 1 is 1.07 bits per heavy atom. The first-order valence-corrected chi connectivity index (χ1v) is 9.70. The lowest BCUT2D eigenvalue weighted by Gasteiger charge is -2.31. The van der Waals surface area contributed by atoms with E-state index in [1.807, 2.05) is 49.4 Å². The van der Waals surface area contributed by atoms with Crippen LogP contribution in [0.4, 0.5) is 10.5 Å². The summed E-state index contributed by atoms with van der Waals surface area (Å²) in [6.07, 6.45) is 2.65. The van der Waals surface area contributed by atoms with E-state index in [2.05, 4.69) is 20.9 Å². The topological polar surface area (TPSA) is 73.5 Å². The van der Waals surface area contributed by atoms with Crippen LogP contribution in [0.15, 0.2) is 42.5 Å². The first-order chi connectivity index (χ1) is 13.2. The van der Waals surface area contributed by atoms with E-state index >= 15 is 0 Å². The van der Waals surface area contributed by atoms with Crippen LogP contribution in [0.25, 0.3) is 10.8 Å². The molecule has 1 aliphatic rings. The fraction of sp³-hybridized carbons (Fsp3) is 0.429. The van der Waals surface area contributed by atoms with Crippen molar-refractivity contribution in [1.29, 1.82) is 0 Å². The highest BCUT2D eigenvalue weighted by atomic mass is 16.2. The number of carbonyl (C=O) groups is 2. The van der Waals surface area contributed by atoms with E-state index in [0.717, 1.165) is 55.4 Å². The second-order valence-corrected chi connectivity index (χ2v) is 7.03. The zero-order valence-corrected chi connectivity index (χ0v) is 15.8. The minimum atomic E-state index is -0.175. The third kappa shape index (κ3) is 5.44. The van der Waals surface area contributed by atoms with Gasteiger partial charge in [0.15, 0.2) is 0 Å². The summed E-state index contributed by atoms with van der Waals surface area (Å²) in [7, 11) is 0. The summed E-state index contributed by atoms with van der Waals surface area (Å²) in [5.74, 6) is 0.0805. The number of hydrogen-bond donors (Lipinski definition) is 3. The van der Waals surface area contributed by atoms with Crippen molar-refractivity contribution < 1.29 is 9.59 Å². The monoisotopic (exact) mass is 368 g/mol. The van der Waals surface area contributed by atoms with Gasteiger partial charge < -0.3 is 16.0 Å². The Balaban J connectivity index is 1.46. The number of fused-ring (bicyclic) bond motifs is 1. The van der Waals surface area contributed by atoms with E-state index in [4.69, 9.17) is 0 Å². The van der Waals surface area contributed by atoms with Crippen LogP contribution in [0.2, 0.25) is 0 Å². The minimum absolute atomic E-state index is 0.0805. The van der Waals surface area contributed by atoms with Crippen molar-refractivity contribution in [3.05, 3.63) is 42.5 Å². The molecule has 0 bridgehead atoms. The van der Waals surface area contributed by atoms with Gasteiger partial charge in [-0.2, -0.15) is 0 Å². The average molecular weight is 368 g/mol. The molecular formula is C21H28N4O2. The number of anilines is 1. The summed E-state index contributed by atoms with van der Waals surface area (Å²) in [4.78, 5) is 26.4. The van der Waals surface area contributed by atoms with Crippen LogP contribution in [0.3, 0.4) is 0 Å². The second kappa shape index (κ2) is 9.37. The van der Waals surface area contributed by atoms with Gasteiger partial charge in [-0.15, -0.1) is 0 Å². The highest BCUT2D eigenvalue weighted by Gasteiger charge is 2.22. The number of urea groups is 1. The second-order valence-electron chi connectivity index (χ2n) is 7.03. The molecular weight excluding hydrogens is 340 g/mol. The number of carbonyl (C=O) groups excluding carboxylic acids is 2. The van der Waals surface area contributed by atoms with Crippen LogP contribution < -0.4 is 16.0 Å². The van der Waals surface area contributed by atoms with Gasteiger partial charge in [0.05, 0.1) is 12.2 Å². The van der Waals surface area contributed by atoms with Crippen LogP contribution in [-0.4, -0.2) is 49.1 Å². The average Bonchev–Trinajstić information content (AvgIpc) is 2.68. The molecule has 0 atom stereocenters. The molecule has 6 nitrogen and oxygen atoms in total. The summed E-state index contributed by atoms with van der Waals surface area (Å²) < 4.78 is 0. The van der Waals surface area contributed by atoms with E-state index in [1.165, 1.54) is 0 Å². The Labute approximate surface area is 160 Å². The number of benzene rings is 2. The number of piperidine rings is 1. The zero-order chi connectivity index (χ0) is 19.1. The van der Waals surface area contributed by atoms with Crippen molar-refractivity contribution in [1.82, 2.24) is 15.5 Å². The van der Waals surface area contributed by atoms with Crippen molar-refractivity contribution in [2.75, 3.05) is 31.5 Å². The first-order valence-electron chi connectivity index (χ1n) is 9.70. The van der Waals surface area contributed by atoms with Gasteiger partial charge in [0.1, 0.15) is 0 Å². The minimum Gasteiger partial charge on any atom is -0.355 e. The third-order valence-corrected chi connectivity index (χ3v) is 4.90. The number of nitrogens with one attached hydrogen (secondary N) is 3. The van der Waals surface area contributed by atoms with Crippen LogP contribution >= 0.6 is 0 Å². The van der Waals surface area contributed by atoms with Gasteiger partial charge in [-0.1, -0.05) is 43.3 Å². The lowest BCUT2D eigenvalue weighted by atomic mass is 10.1. The number of rotatable bonds is 6. The maximum atomic E-state index is 12.4. The maximum absolute atomic E-state index is 12.4. The molecule has 0 aromatic heterocycles. The Hall–Kier alpha value is -2.60. The molecule has 1 fully saturated rings. The highest BCUT2D eigenvalue weighted by Crippen LogP contribution is 2.23. The van der Waals surface area contributed by atoms with Gasteiger partial charge in [0.2, 0.25) is 5.91 Å². The zero-order valence-electron chi connectivity index (χ0n) is 15.8. The molecule has 1 aliphatic heterocycles. The van der Waals surface area contributed by atoms with Crippen LogP contribution in [0.1, 0.15) is 26.2 Å². The molecule has 27 heavy (non-hydrogen) atoms. The van der Waals surface area contributed by atoms with E-state index in [0.29, 0.717) is 6.54 Å². The van der Waals surface area contributed by atoms with Crippen molar-refractivity contribution in [3.63, 3.8) is 0 Å². The van der Waals surface area contributed by atoms with Crippen LogP contribution in [0.5, 0.6) is 0 Å². The molecule has 6 heteroatoms. The van der Waals surface area contributed by atoms with E-state index < -0.39 is 0 Å². The SMILES string of the molecule is CCCNC(=O)CN1CCC(NC(=O)Nc2cccc3ccccc23)CC1. The summed E-state index contributed by atoms with van der Waals surface area (Å²) >= 11 is 0. The van der Waals surface area contributed by atoms with Gasteiger partial charge in [0, 0.05) is 31.1 Å². The molecule has 0 radical (unpaired) electrons. The summed E-state index contributed by atoms with van der Waals surface area (Å²) in [6, 6.07) is 13.8. The highest BCUT2D eigenvalue weighted by molar-refractivity contribution is 6.01. The van der Waals surface area contributed by atoms with Crippen LogP contribution in [0, 0.1) is 0 Å². The van der Waals surface area contributed by atoms with Crippen molar-refractivity contribution in [2.24, 2.45) is 0 Å². The molecule has 3 rings (SSSR count). The molecule has 3 amide bonds. The Morgan fingerprint density at radius 3 is 2.59 bits per heavy atom. The largest absolute Gasteiger partial charge is 0.355 e. The lowest BCUT2D eigenvalue weighted by Crippen LogP contribution is -2.48. The molecule has 0 saturated carbocycles. The van der Waals surface area contributed by atoms with Crippen molar-refractivity contribution in [2.45, 2.75) is 32.2 Å². The standard InChI is InChI=1S/C21H28N4O2/c1-2-12-22-20(26)15-25-13-10-17(11-14-25)23-21(27)24-19-9-5-7-16-6-3-4-8-18(16)19/h3-9,17H,2,10-15H2,1H3,(H,22,26)(H2,23,24,27). The normalized spacial score (nSPS) is 15.4. The Kier molecular flexibility index (Phi) is 6.65. The predicted molar refractivity (Wildman–Crippen MR) is 109 cm³/mol. The smallest absolute Gasteiger partial charge is 0.319 e. The number of nitrogens with zero attached hydrogens (tertiary/aromatic N) is 1. The van der Waals surface area contributed by atoms with Gasteiger partial charge in [-0.25, -0.2) is 4.79 Å². The number of likely N-dealkylation sites (tertiary alicyclic amines) is 1. The number of hydrogen-bond acceptors (Lipinski definition) is 3. The molecule has 3 N–H and O–H groups in total. The van der Waals surface area contributed by atoms with Crippen LogP contribution in [-0.2, 0) is 4.79 Å². The molecule has 144 valence electrons. The van der Waals surface area contributed by atoms with E-state index in [9.17, 15) is 9.59 Å². The van der Waals surface area contributed by atoms with E-state index in [-0.39, 0.29) is 18.0 Å². The molecule has 0 unspecified atom stereocenters. The molecule has 1 saturated heterocycles. The molecule has 0 aliphatic carbocycles. The maximum Gasteiger partial charge on any atom is 0.319 e. The summed E-state index contributed by atoms with van der Waals surface area (Å²) in [6.45, 7) is 4.85. The molecule has 1 heterocycles. The molecule has 2 aromatic rings. The summed E-state index contributed by atoms with van der Waals surface area (Å²) in [5, 5.41) is 11.1. The molecule has 0 spiro atoms. The molecule has 2 aromatic carbocycles.